The van der Waals surface area contributed by atoms with Crippen LogP contribution in [-0.4, -0.2) is 44.9 Å². The molecule has 0 saturated carbocycles. The topological polar surface area (TPSA) is 216 Å². The number of hydrogen-bond acceptors (Lipinski definition) is 13. The van der Waals surface area contributed by atoms with Gasteiger partial charge in [0, 0.05) is 55.6 Å². The summed E-state index contributed by atoms with van der Waals surface area (Å²) in [5, 5.41) is 44.6. The lowest BCUT2D eigenvalue weighted by atomic mass is 9.88. The number of fused-ring (bicyclic) bond motifs is 3. The molecule has 0 atom stereocenters. The van der Waals surface area contributed by atoms with Crippen LogP contribution < -0.4 is 0 Å². The second-order valence-corrected chi connectivity index (χ2v) is 32.3. The van der Waals surface area contributed by atoms with Crippen molar-refractivity contribution in [2.75, 3.05) is 0 Å². The average molecular weight is 1740 g/mol. The molecule has 0 amide bonds. The number of aromatic nitrogens is 9. The molecule has 0 radical (unpaired) electrons. The summed E-state index contributed by atoms with van der Waals surface area (Å²) >= 11 is 0. The monoisotopic (exact) mass is 1730 g/mol. The minimum atomic E-state index is 0.461. The van der Waals surface area contributed by atoms with Gasteiger partial charge in [-0.1, -0.05) is 388 Å². The van der Waals surface area contributed by atoms with Gasteiger partial charge in [-0.2, -0.15) is 21.0 Å². The van der Waals surface area contributed by atoms with Gasteiger partial charge in [0.05, 0.1) is 47.5 Å². The third-order valence-electron chi connectivity index (χ3n) is 23.7. The zero-order valence-electron chi connectivity index (χ0n) is 73.0. The molecule has 632 valence electrons. The molecule has 19 aromatic carbocycles. The Balaban J connectivity index is 0.000000126. The van der Waals surface area contributed by atoms with Gasteiger partial charge >= 0.3 is 0 Å². The van der Waals surface area contributed by atoms with E-state index in [0.29, 0.717) is 80.4 Å². The van der Waals surface area contributed by atoms with Crippen LogP contribution in [0.3, 0.4) is 0 Å². The molecule has 0 aliphatic heterocycles. The van der Waals surface area contributed by atoms with E-state index in [9.17, 15) is 21.0 Å². The smallest absolute Gasteiger partial charge is 0.189 e. The van der Waals surface area contributed by atoms with Gasteiger partial charge in [0.2, 0.25) is 0 Å². The van der Waals surface area contributed by atoms with Gasteiger partial charge in [0.1, 0.15) is 0 Å². The van der Waals surface area contributed by atoms with Crippen LogP contribution in [0.15, 0.2) is 449 Å². The van der Waals surface area contributed by atoms with E-state index < -0.39 is 0 Å². The van der Waals surface area contributed by atoms with Crippen molar-refractivity contribution in [1.29, 1.82) is 21.0 Å². The molecule has 0 saturated heterocycles. The Bertz CT molecular complexity index is 8230. The van der Waals surface area contributed by atoms with Crippen molar-refractivity contribution in [3.63, 3.8) is 0 Å². The van der Waals surface area contributed by atoms with E-state index >= 15 is 0 Å². The van der Waals surface area contributed by atoms with Crippen LogP contribution in [0.1, 0.15) is 22.3 Å². The molecular formula is C122H74N14. The lowest BCUT2D eigenvalue weighted by Crippen LogP contribution is -2.00. The fourth-order valence-electron chi connectivity index (χ4n) is 16.8. The van der Waals surface area contributed by atoms with E-state index in [1.54, 1.807) is 12.1 Å². The van der Waals surface area contributed by atoms with Crippen LogP contribution in [0.4, 0.5) is 5.69 Å². The van der Waals surface area contributed by atoms with Gasteiger partial charge in [-0.15, -0.1) is 0 Å². The first-order chi connectivity index (χ1) is 67.1. The van der Waals surface area contributed by atoms with Crippen LogP contribution >= 0.6 is 0 Å². The summed E-state index contributed by atoms with van der Waals surface area (Å²) < 4.78 is 0. The van der Waals surface area contributed by atoms with E-state index in [2.05, 4.69) is 205 Å². The molecular weight excluding hydrogens is 1660 g/mol. The fourth-order valence-corrected chi connectivity index (χ4v) is 16.8. The van der Waals surface area contributed by atoms with Crippen molar-refractivity contribution in [1.82, 2.24) is 44.9 Å². The van der Waals surface area contributed by atoms with Crippen LogP contribution in [0.2, 0.25) is 0 Å². The van der Waals surface area contributed by atoms with Crippen molar-refractivity contribution in [3.05, 3.63) is 483 Å². The summed E-state index contributed by atoms with van der Waals surface area (Å²) in [4.78, 5) is 47.1. The van der Waals surface area contributed by atoms with Gasteiger partial charge in [-0.25, -0.2) is 49.7 Å². The minimum absolute atomic E-state index is 0.461. The van der Waals surface area contributed by atoms with E-state index in [1.807, 2.05) is 261 Å². The molecule has 0 aliphatic rings. The molecule has 14 heteroatoms. The second kappa shape index (κ2) is 38.8. The first-order valence-corrected chi connectivity index (χ1v) is 44.1. The average Bonchev–Trinajstić information content (AvgIpc) is 0.743. The standard InChI is InChI=1S/C44H28N4.2C39H23N5/c45-29-37-16-8-9-17-38(37)31-19-23-33(24-20-31)41-39-18-10-7-11-30(39)27-28-40(41)32-21-25-36(26-22-32)44-47-42(34-12-3-1-4-13-34)46-43(48-44)35-14-5-2-6-15-35;1-41-36-21-26(25-40)20-35(24-36)34-19-18-32-22-31(16-17-33(32)23-34)27-12-14-30(15-13-27)39-43-37(28-8-4-2-5-9-28)42-38(44-39)29-10-6-3-7-11-29;40-24-26-20-27(25-41)22-34(21-26)35-13-7-12-33-23-32(18-19-36(33)35)28-14-16-31(17-15-28)39-43-37(29-8-3-1-4-9-29)42-38(44-39)30-10-5-2-6-11-30/h1-28H;2-24H;1-23H. The van der Waals surface area contributed by atoms with E-state index in [-0.39, 0.29) is 0 Å². The minimum Gasteiger partial charge on any atom is -0.238 e. The highest BCUT2D eigenvalue weighted by Gasteiger charge is 2.21. The predicted molar refractivity (Wildman–Crippen MR) is 544 cm³/mol. The number of nitriles is 4. The molecule has 0 bridgehead atoms. The van der Waals surface area contributed by atoms with Crippen LogP contribution in [-0.2, 0) is 0 Å². The molecule has 22 aromatic rings. The number of nitrogens with zero attached hydrogens (tertiary/aromatic N) is 14. The Kier molecular flexibility index (Phi) is 24.1. The number of hydrogen-bond donors (Lipinski definition) is 0. The Morgan fingerprint density at radius 3 is 0.890 bits per heavy atom. The largest absolute Gasteiger partial charge is 0.238 e. The highest BCUT2D eigenvalue weighted by atomic mass is 15.1. The van der Waals surface area contributed by atoms with Crippen molar-refractivity contribution < 1.29 is 0 Å². The van der Waals surface area contributed by atoms with Gasteiger partial charge in [0.15, 0.2) is 58.1 Å². The summed E-state index contributed by atoms with van der Waals surface area (Å²) in [5.41, 5.74) is 25.4. The second-order valence-electron chi connectivity index (χ2n) is 32.3. The van der Waals surface area contributed by atoms with Gasteiger partial charge in [-0.05, 0) is 171 Å². The Hall–Kier alpha value is -19.6. The van der Waals surface area contributed by atoms with Crippen LogP contribution in [0, 0.1) is 51.9 Å². The van der Waals surface area contributed by atoms with Crippen LogP contribution in [0.5, 0.6) is 0 Å². The fraction of sp³-hybridized carbons (Fsp3) is 0. The summed E-state index contributed by atoms with van der Waals surface area (Å²) in [7, 11) is 0. The summed E-state index contributed by atoms with van der Waals surface area (Å²) in [6.45, 7) is 7.37. The van der Waals surface area contributed by atoms with E-state index in [0.717, 1.165) is 144 Å². The van der Waals surface area contributed by atoms with Crippen molar-refractivity contribution in [3.8, 4) is 205 Å². The highest BCUT2D eigenvalue weighted by Crippen LogP contribution is 2.43. The molecule has 22 rings (SSSR count). The summed E-state index contributed by atoms with van der Waals surface area (Å²) in [6.07, 6.45) is 0. The number of rotatable bonds is 16. The van der Waals surface area contributed by atoms with E-state index in [4.69, 9.17) is 51.4 Å². The molecule has 3 heterocycles. The zero-order chi connectivity index (χ0) is 92.1. The molecule has 14 nitrogen and oxygen atoms in total. The normalized spacial score (nSPS) is 10.8. The quantitative estimate of drug-likeness (QED) is 0.0824. The molecule has 0 aliphatic carbocycles. The lowest BCUT2D eigenvalue weighted by molar-refractivity contribution is 1.07. The molecule has 136 heavy (non-hydrogen) atoms. The Morgan fingerprint density at radius 1 is 0.176 bits per heavy atom. The van der Waals surface area contributed by atoms with Crippen molar-refractivity contribution >= 4 is 38.0 Å². The van der Waals surface area contributed by atoms with Gasteiger partial charge < -0.3 is 0 Å². The van der Waals surface area contributed by atoms with Crippen molar-refractivity contribution in [2.24, 2.45) is 0 Å². The molecule has 0 N–H and O–H groups in total. The summed E-state index contributed by atoms with van der Waals surface area (Å²) in [5.74, 6) is 5.68. The number of benzene rings is 19. The molecule has 3 aromatic heterocycles. The van der Waals surface area contributed by atoms with Gasteiger partial charge in [0.25, 0.3) is 0 Å². The Morgan fingerprint density at radius 2 is 0.478 bits per heavy atom. The Labute approximate surface area is 785 Å². The zero-order valence-corrected chi connectivity index (χ0v) is 73.0. The predicted octanol–water partition coefficient (Wildman–Crippen LogP) is 29.8. The molecule has 0 spiro atoms. The first kappa shape index (κ1) is 84.6. The lowest BCUT2D eigenvalue weighted by Gasteiger charge is -2.15. The third kappa shape index (κ3) is 18.5. The third-order valence-corrected chi connectivity index (χ3v) is 23.7. The van der Waals surface area contributed by atoms with Gasteiger partial charge in [-0.3, -0.25) is 0 Å². The SMILES string of the molecule is N#Cc1cc(C#N)cc(-c2cccc3cc(-c4ccc(-c5nc(-c6ccccc6)nc(-c6ccccc6)n5)cc4)ccc23)c1.N#Cc1ccccc1-c1ccc(-c2c(-c3ccc(-c4nc(-c5ccccc5)nc(-c5ccccc5)n4)cc3)ccc3ccccc23)cc1.[C-]#[N+]c1cc(C#N)cc(-c2ccc3cc(-c4ccc(-c5nc(-c6ccccc6)nc(-c6ccccc6)n5)cc4)ccc3c2)c1. The van der Waals surface area contributed by atoms with Crippen molar-refractivity contribution in [2.45, 2.75) is 0 Å². The highest BCUT2D eigenvalue weighted by molar-refractivity contribution is 6.05. The maximum absolute atomic E-state index is 9.66. The first-order valence-electron chi connectivity index (χ1n) is 44.1. The van der Waals surface area contributed by atoms with Crippen LogP contribution in [0.25, 0.3) is 218 Å². The van der Waals surface area contributed by atoms with E-state index in [1.165, 1.54) is 16.3 Å². The molecule has 0 fully saturated rings. The summed E-state index contributed by atoms with van der Waals surface area (Å²) in [6, 6.07) is 158. The maximum atomic E-state index is 9.66. The maximum Gasteiger partial charge on any atom is 0.189 e. The molecule has 0 unspecified atom stereocenters.